The zero-order chi connectivity index (χ0) is 21.0. The fourth-order valence-electron chi connectivity index (χ4n) is 3.14. The summed E-state index contributed by atoms with van der Waals surface area (Å²) in [4.78, 5) is 32.5. The number of carbonyl (C=O) groups excluding carboxylic acids is 1. The molecule has 152 valence electrons. The number of aromatic nitrogens is 2. The second kappa shape index (κ2) is 9.24. The maximum atomic E-state index is 13.2. The molecule has 0 unspecified atom stereocenters. The number of para-hydroxylation sites is 1. The molecule has 0 radical (unpaired) electrons. The summed E-state index contributed by atoms with van der Waals surface area (Å²) in [6.07, 6.45) is 0. The van der Waals surface area contributed by atoms with E-state index in [-0.39, 0.29) is 17.5 Å². The van der Waals surface area contributed by atoms with Crippen LogP contribution in [0.3, 0.4) is 0 Å². The number of thioether (sulfide) groups is 1. The minimum Gasteiger partial charge on any atom is -0.383 e. The number of methoxy groups -OCH3 is 1. The number of carbonyl (C=O) groups is 1. The van der Waals surface area contributed by atoms with Gasteiger partial charge in [-0.1, -0.05) is 54.2 Å². The number of ether oxygens (including phenoxy) is 1. The highest BCUT2D eigenvalue weighted by Crippen LogP contribution is 2.36. The van der Waals surface area contributed by atoms with E-state index in [9.17, 15) is 9.59 Å². The molecule has 0 fully saturated rings. The van der Waals surface area contributed by atoms with Gasteiger partial charge in [-0.25, -0.2) is 4.98 Å². The van der Waals surface area contributed by atoms with Crippen molar-refractivity contribution in [3.05, 3.63) is 70.5 Å². The molecule has 0 N–H and O–H groups in total. The third-order valence-corrected chi connectivity index (χ3v) is 5.82. The normalized spacial score (nSPS) is 13.2. The van der Waals surface area contributed by atoms with Crippen molar-refractivity contribution in [3.8, 4) is 0 Å². The SMILES string of the molecule is COC[C@H](C)n1c(S[C@H](C(=O)N(C)C)c2ccccc2)nc2ccccc2c1=O. The van der Waals surface area contributed by atoms with Crippen molar-refractivity contribution in [3.63, 3.8) is 0 Å². The lowest BCUT2D eigenvalue weighted by molar-refractivity contribution is -0.128. The molecule has 1 amide bonds. The highest BCUT2D eigenvalue weighted by molar-refractivity contribution is 8.00. The van der Waals surface area contributed by atoms with Gasteiger partial charge in [-0.15, -0.1) is 0 Å². The maximum Gasteiger partial charge on any atom is 0.262 e. The molecular formula is C22H25N3O3S. The number of likely N-dealkylation sites (N-methyl/N-ethyl adjacent to an activating group) is 1. The Balaban J connectivity index is 2.16. The van der Waals surface area contributed by atoms with Crippen LogP contribution >= 0.6 is 11.8 Å². The highest BCUT2D eigenvalue weighted by atomic mass is 32.2. The standard InChI is InChI=1S/C22H25N3O3S/c1-15(14-28-4)25-20(26)17-12-8-9-13-18(17)23-22(25)29-19(21(27)24(2)3)16-10-6-5-7-11-16/h5-13,15,19H,14H2,1-4H3/t15-,19-/m0/s1. The molecule has 7 heteroatoms. The quantitative estimate of drug-likeness (QED) is 0.440. The van der Waals surface area contributed by atoms with E-state index in [1.165, 1.54) is 11.8 Å². The number of amides is 1. The number of nitrogens with zero attached hydrogens (tertiary/aromatic N) is 3. The molecule has 2 aromatic carbocycles. The first kappa shape index (κ1) is 21.1. The third kappa shape index (κ3) is 4.52. The van der Waals surface area contributed by atoms with Crippen LogP contribution in [0.25, 0.3) is 10.9 Å². The van der Waals surface area contributed by atoms with Gasteiger partial charge in [-0.3, -0.25) is 14.2 Å². The zero-order valence-electron chi connectivity index (χ0n) is 17.0. The molecule has 0 saturated carbocycles. The van der Waals surface area contributed by atoms with Crippen molar-refractivity contribution in [1.29, 1.82) is 0 Å². The summed E-state index contributed by atoms with van der Waals surface area (Å²) < 4.78 is 6.92. The predicted molar refractivity (Wildman–Crippen MR) is 116 cm³/mol. The lowest BCUT2D eigenvalue weighted by Gasteiger charge is -2.24. The smallest absolute Gasteiger partial charge is 0.262 e. The van der Waals surface area contributed by atoms with Crippen LogP contribution < -0.4 is 5.56 Å². The molecule has 0 spiro atoms. The first-order valence-electron chi connectivity index (χ1n) is 9.37. The topological polar surface area (TPSA) is 64.4 Å². The maximum absolute atomic E-state index is 13.2. The molecular weight excluding hydrogens is 386 g/mol. The summed E-state index contributed by atoms with van der Waals surface area (Å²) in [5, 5.41) is 0.539. The van der Waals surface area contributed by atoms with Crippen LogP contribution in [-0.4, -0.2) is 48.2 Å². The second-order valence-electron chi connectivity index (χ2n) is 7.03. The van der Waals surface area contributed by atoms with Crippen LogP contribution in [0, 0.1) is 0 Å². The molecule has 1 heterocycles. The fraction of sp³-hybridized carbons (Fsp3) is 0.318. The molecule has 1 aromatic heterocycles. The van der Waals surface area contributed by atoms with E-state index in [0.717, 1.165) is 5.56 Å². The van der Waals surface area contributed by atoms with Gasteiger partial charge >= 0.3 is 0 Å². The van der Waals surface area contributed by atoms with Crippen LogP contribution in [0.1, 0.15) is 23.8 Å². The minimum atomic E-state index is -0.514. The first-order chi connectivity index (χ1) is 13.9. The molecule has 6 nitrogen and oxygen atoms in total. The Kier molecular flexibility index (Phi) is 6.71. The largest absolute Gasteiger partial charge is 0.383 e. The third-order valence-electron chi connectivity index (χ3n) is 4.61. The van der Waals surface area contributed by atoms with Crippen LogP contribution in [-0.2, 0) is 9.53 Å². The molecule has 3 rings (SSSR count). The van der Waals surface area contributed by atoms with Gasteiger partial charge in [0.15, 0.2) is 5.16 Å². The Labute approximate surface area is 174 Å². The van der Waals surface area contributed by atoms with E-state index >= 15 is 0 Å². The van der Waals surface area contributed by atoms with Gasteiger partial charge in [0.25, 0.3) is 5.56 Å². The highest BCUT2D eigenvalue weighted by Gasteiger charge is 2.27. The van der Waals surface area contributed by atoms with E-state index in [4.69, 9.17) is 9.72 Å². The van der Waals surface area contributed by atoms with Crippen molar-refractivity contribution < 1.29 is 9.53 Å². The lowest BCUT2D eigenvalue weighted by atomic mass is 10.1. The van der Waals surface area contributed by atoms with Gasteiger partial charge in [-0.05, 0) is 24.6 Å². The molecule has 0 aliphatic rings. The number of rotatable bonds is 7. The average Bonchev–Trinajstić information content (AvgIpc) is 2.72. The zero-order valence-corrected chi connectivity index (χ0v) is 17.8. The predicted octanol–water partition coefficient (Wildman–Crippen LogP) is 3.53. The van der Waals surface area contributed by atoms with Gasteiger partial charge in [0, 0.05) is 21.2 Å². The molecule has 0 bridgehead atoms. The van der Waals surface area contributed by atoms with E-state index in [1.54, 1.807) is 36.7 Å². The van der Waals surface area contributed by atoms with Crippen LogP contribution in [0.5, 0.6) is 0 Å². The molecule has 0 aliphatic heterocycles. The number of hydrogen-bond donors (Lipinski definition) is 0. The van der Waals surface area contributed by atoms with Crippen molar-refractivity contribution in [1.82, 2.24) is 14.5 Å². The van der Waals surface area contributed by atoms with Crippen LogP contribution in [0.2, 0.25) is 0 Å². The van der Waals surface area contributed by atoms with Crippen LogP contribution in [0.15, 0.2) is 64.5 Å². The van der Waals surface area contributed by atoms with Crippen molar-refractivity contribution >= 4 is 28.6 Å². The average molecular weight is 412 g/mol. The monoisotopic (exact) mass is 411 g/mol. The first-order valence-corrected chi connectivity index (χ1v) is 10.2. The molecule has 2 atom stereocenters. The Morgan fingerprint density at radius 3 is 2.45 bits per heavy atom. The number of benzene rings is 2. The van der Waals surface area contributed by atoms with Gasteiger partial charge < -0.3 is 9.64 Å². The summed E-state index contributed by atoms with van der Waals surface area (Å²) in [5.41, 5.74) is 1.35. The minimum absolute atomic E-state index is 0.0606. The summed E-state index contributed by atoms with van der Waals surface area (Å²) >= 11 is 1.29. The summed E-state index contributed by atoms with van der Waals surface area (Å²) in [6.45, 7) is 2.28. The van der Waals surface area contributed by atoms with Gasteiger partial charge in [0.05, 0.1) is 23.6 Å². The molecule has 29 heavy (non-hydrogen) atoms. The number of fused-ring (bicyclic) bond motifs is 1. The Bertz CT molecular complexity index is 1050. The van der Waals surface area contributed by atoms with Crippen molar-refractivity contribution in [2.75, 3.05) is 27.8 Å². The van der Waals surface area contributed by atoms with E-state index in [1.807, 2.05) is 55.5 Å². The van der Waals surface area contributed by atoms with Crippen LogP contribution in [0.4, 0.5) is 0 Å². The second-order valence-corrected chi connectivity index (χ2v) is 8.10. The summed E-state index contributed by atoms with van der Waals surface area (Å²) in [6, 6.07) is 16.6. The summed E-state index contributed by atoms with van der Waals surface area (Å²) in [7, 11) is 5.06. The van der Waals surface area contributed by atoms with Gasteiger partial charge in [0.1, 0.15) is 5.25 Å². The van der Waals surface area contributed by atoms with Crippen molar-refractivity contribution in [2.24, 2.45) is 0 Å². The molecule has 0 saturated heterocycles. The Hall–Kier alpha value is -2.64. The lowest BCUT2D eigenvalue weighted by Crippen LogP contribution is -2.30. The van der Waals surface area contributed by atoms with E-state index < -0.39 is 5.25 Å². The van der Waals surface area contributed by atoms with E-state index in [0.29, 0.717) is 22.7 Å². The molecule has 3 aromatic rings. The fourth-order valence-corrected chi connectivity index (χ4v) is 4.49. The molecule has 0 aliphatic carbocycles. The Morgan fingerprint density at radius 1 is 1.14 bits per heavy atom. The Morgan fingerprint density at radius 2 is 1.79 bits per heavy atom. The van der Waals surface area contributed by atoms with Gasteiger partial charge in [-0.2, -0.15) is 0 Å². The van der Waals surface area contributed by atoms with Crippen molar-refractivity contribution in [2.45, 2.75) is 23.4 Å². The van der Waals surface area contributed by atoms with E-state index in [2.05, 4.69) is 0 Å². The summed E-state index contributed by atoms with van der Waals surface area (Å²) in [5.74, 6) is -0.0606. The van der Waals surface area contributed by atoms with Gasteiger partial charge in [0.2, 0.25) is 5.91 Å². The number of hydrogen-bond acceptors (Lipinski definition) is 5.